The predicted molar refractivity (Wildman–Crippen MR) is 101 cm³/mol. The number of benzene rings is 1. The number of hydrogen-bond donors (Lipinski definition) is 0. The summed E-state index contributed by atoms with van der Waals surface area (Å²) in [5.74, 6) is 0.897. The molecular weight excluding hydrogens is 328 g/mol. The number of hydrogen-bond acceptors (Lipinski definition) is 4. The van der Waals surface area contributed by atoms with E-state index < -0.39 is 0 Å². The Balaban J connectivity index is 1.69. The highest BCUT2D eigenvalue weighted by molar-refractivity contribution is 7.99. The van der Waals surface area contributed by atoms with E-state index in [1.807, 2.05) is 30.0 Å². The lowest BCUT2D eigenvalue weighted by Crippen LogP contribution is -2.08. The topological polar surface area (TPSA) is 43.6 Å². The van der Waals surface area contributed by atoms with E-state index in [2.05, 4.69) is 56.2 Å². The SMILES string of the molecule is C1=CC(Sc2nnc(-c3ccncc3)n2Cc2ccccc2)CCC1. The molecule has 4 nitrogen and oxygen atoms in total. The average molecular weight is 348 g/mol. The first-order valence-corrected chi connectivity index (χ1v) is 9.49. The molecule has 4 rings (SSSR count). The first-order chi connectivity index (χ1) is 12.4. The quantitative estimate of drug-likeness (QED) is 0.633. The summed E-state index contributed by atoms with van der Waals surface area (Å²) in [6.45, 7) is 0.768. The normalized spacial score (nSPS) is 16.9. The second-order valence-corrected chi connectivity index (χ2v) is 7.34. The maximum Gasteiger partial charge on any atom is 0.192 e. The van der Waals surface area contributed by atoms with Gasteiger partial charge in [0.25, 0.3) is 0 Å². The van der Waals surface area contributed by atoms with Gasteiger partial charge in [-0.05, 0) is 37.0 Å². The molecule has 1 unspecified atom stereocenters. The van der Waals surface area contributed by atoms with Crippen molar-refractivity contribution >= 4 is 11.8 Å². The molecule has 3 aromatic rings. The van der Waals surface area contributed by atoms with Crippen molar-refractivity contribution in [3.05, 3.63) is 72.6 Å². The van der Waals surface area contributed by atoms with Crippen LogP contribution in [0.5, 0.6) is 0 Å². The van der Waals surface area contributed by atoms with Gasteiger partial charge in [-0.15, -0.1) is 10.2 Å². The van der Waals surface area contributed by atoms with Gasteiger partial charge < -0.3 is 0 Å². The van der Waals surface area contributed by atoms with Crippen molar-refractivity contribution in [1.82, 2.24) is 19.7 Å². The monoisotopic (exact) mass is 348 g/mol. The lowest BCUT2D eigenvalue weighted by atomic mass is 10.1. The molecule has 126 valence electrons. The molecule has 0 radical (unpaired) electrons. The van der Waals surface area contributed by atoms with Crippen molar-refractivity contribution in [2.45, 2.75) is 36.2 Å². The summed E-state index contributed by atoms with van der Waals surface area (Å²) in [7, 11) is 0. The Morgan fingerprint density at radius 1 is 1.04 bits per heavy atom. The smallest absolute Gasteiger partial charge is 0.192 e. The Kier molecular flexibility index (Phi) is 4.93. The van der Waals surface area contributed by atoms with E-state index in [0.29, 0.717) is 5.25 Å². The minimum absolute atomic E-state index is 0.484. The van der Waals surface area contributed by atoms with Crippen molar-refractivity contribution in [2.24, 2.45) is 0 Å². The Hall–Kier alpha value is -2.40. The van der Waals surface area contributed by atoms with Crippen molar-refractivity contribution in [3.8, 4) is 11.4 Å². The highest BCUT2D eigenvalue weighted by Crippen LogP contribution is 2.31. The zero-order chi connectivity index (χ0) is 16.9. The fraction of sp³-hybridized carbons (Fsp3) is 0.250. The van der Waals surface area contributed by atoms with Crippen molar-refractivity contribution in [3.63, 3.8) is 0 Å². The summed E-state index contributed by atoms with van der Waals surface area (Å²) < 4.78 is 2.22. The molecule has 5 heteroatoms. The molecule has 1 atom stereocenters. The summed E-state index contributed by atoms with van der Waals surface area (Å²) in [5.41, 5.74) is 2.29. The van der Waals surface area contributed by atoms with E-state index >= 15 is 0 Å². The van der Waals surface area contributed by atoms with Gasteiger partial charge in [0.15, 0.2) is 11.0 Å². The van der Waals surface area contributed by atoms with Crippen molar-refractivity contribution < 1.29 is 0 Å². The molecule has 0 bridgehead atoms. The second kappa shape index (κ2) is 7.66. The van der Waals surface area contributed by atoms with Gasteiger partial charge in [0, 0.05) is 23.2 Å². The third kappa shape index (κ3) is 3.82. The van der Waals surface area contributed by atoms with Crippen LogP contribution in [0.2, 0.25) is 0 Å². The van der Waals surface area contributed by atoms with E-state index in [9.17, 15) is 0 Å². The fourth-order valence-corrected chi connectivity index (χ4v) is 4.12. The van der Waals surface area contributed by atoms with Gasteiger partial charge >= 0.3 is 0 Å². The van der Waals surface area contributed by atoms with Crippen LogP contribution in [0.3, 0.4) is 0 Å². The highest BCUT2D eigenvalue weighted by Gasteiger charge is 2.18. The molecule has 0 spiro atoms. The number of nitrogens with zero attached hydrogens (tertiary/aromatic N) is 4. The van der Waals surface area contributed by atoms with Gasteiger partial charge in [0.2, 0.25) is 0 Å². The van der Waals surface area contributed by atoms with E-state index in [1.165, 1.54) is 24.8 Å². The number of pyridine rings is 1. The first-order valence-electron chi connectivity index (χ1n) is 8.61. The van der Waals surface area contributed by atoms with Gasteiger partial charge in [0.05, 0.1) is 6.54 Å². The van der Waals surface area contributed by atoms with Crippen LogP contribution in [-0.2, 0) is 6.54 Å². The van der Waals surface area contributed by atoms with Crippen LogP contribution in [0.4, 0.5) is 0 Å². The summed E-state index contributed by atoms with van der Waals surface area (Å²) in [5, 5.41) is 10.5. The molecule has 2 aromatic heterocycles. The maximum atomic E-state index is 4.50. The van der Waals surface area contributed by atoms with Gasteiger partial charge in [-0.1, -0.05) is 54.2 Å². The van der Waals surface area contributed by atoms with Crippen molar-refractivity contribution in [2.75, 3.05) is 0 Å². The lowest BCUT2D eigenvalue weighted by Gasteiger charge is -2.16. The Morgan fingerprint density at radius 3 is 2.64 bits per heavy atom. The van der Waals surface area contributed by atoms with E-state index in [0.717, 1.165) is 23.1 Å². The summed E-state index contributed by atoms with van der Waals surface area (Å²) in [6, 6.07) is 14.4. The van der Waals surface area contributed by atoms with Crippen LogP contribution in [0.15, 0.2) is 72.2 Å². The van der Waals surface area contributed by atoms with Crippen LogP contribution >= 0.6 is 11.8 Å². The molecule has 0 amide bonds. The lowest BCUT2D eigenvalue weighted by molar-refractivity contribution is 0.702. The first kappa shape index (κ1) is 16.1. The number of aromatic nitrogens is 4. The summed E-state index contributed by atoms with van der Waals surface area (Å²) >= 11 is 1.81. The summed E-state index contributed by atoms with van der Waals surface area (Å²) in [4.78, 5) is 4.11. The Bertz CT molecular complexity index is 843. The third-order valence-corrected chi connectivity index (χ3v) is 5.51. The molecule has 25 heavy (non-hydrogen) atoms. The second-order valence-electron chi connectivity index (χ2n) is 6.13. The molecule has 0 saturated carbocycles. The Labute approximate surface area is 152 Å². The van der Waals surface area contributed by atoms with Gasteiger partial charge in [0.1, 0.15) is 0 Å². The molecular formula is C20H20N4S. The molecule has 1 aliphatic rings. The van der Waals surface area contributed by atoms with Crippen molar-refractivity contribution in [1.29, 1.82) is 0 Å². The third-order valence-electron chi connectivity index (χ3n) is 4.31. The van der Waals surface area contributed by atoms with Gasteiger partial charge in [-0.25, -0.2) is 0 Å². The zero-order valence-electron chi connectivity index (χ0n) is 14.0. The number of thioether (sulfide) groups is 1. The van der Waals surface area contributed by atoms with E-state index in [1.54, 1.807) is 12.4 Å². The van der Waals surface area contributed by atoms with Crippen LogP contribution in [0, 0.1) is 0 Å². The fourth-order valence-electron chi connectivity index (χ4n) is 3.01. The molecule has 0 saturated heterocycles. The van der Waals surface area contributed by atoms with Crippen LogP contribution in [0.25, 0.3) is 11.4 Å². The maximum absolute atomic E-state index is 4.50. The van der Waals surface area contributed by atoms with Crippen LogP contribution in [0.1, 0.15) is 24.8 Å². The number of rotatable bonds is 5. The molecule has 1 aromatic carbocycles. The molecule has 0 fully saturated rings. The minimum atomic E-state index is 0.484. The molecule has 0 aliphatic heterocycles. The van der Waals surface area contributed by atoms with E-state index in [-0.39, 0.29) is 0 Å². The number of allylic oxidation sites excluding steroid dienone is 1. The average Bonchev–Trinajstić information content (AvgIpc) is 3.06. The zero-order valence-corrected chi connectivity index (χ0v) is 14.8. The summed E-state index contributed by atoms with van der Waals surface area (Å²) in [6.07, 6.45) is 11.8. The highest BCUT2D eigenvalue weighted by atomic mass is 32.2. The van der Waals surface area contributed by atoms with Gasteiger partial charge in [-0.3, -0.25) is 9.55 Å². The standard InChI is InChI=1S/C20H20N4S/c1-3-7-16(8-4-1)15-24-19(17-11-13-21-14-12-17)22-23-20(24)25-18-9-5-2-6-10-18/h1,3-5,7-9,11-14,18H,2,6,10,15H2. The molecule has 2 heterocycles. The Morgan fingerprint density at radius 2 is 1.88 bits per heavy atom. The van der Waals surface area contributed by atoms with Crippen LogP contribution in [-0.4, -0.2) is 25.0 Å². The van der Waals surface area contributed by atoms with E-state index in [4.69, 9.17) is 0 Å². The molecule has 0 N–H and O–H groups in total. The van der Waals surface area contributed by atoms with Gasteiger partial charge in [-0.2, -0.15) is 0 Å². The predicted octanol–water partition coefficient (Wildman–Crippen LogP) is 4.59. The largest absolute Gasteiger partial charge is 0.298 e. The minimum Gasteiger partial charge on any atom is -0.298 e. The molecule has 1 aliphatic carbocycles. The van der Waals surface area contributed by atoms with Crippen LogP contribution < -0.4 is 0 Å².